The van der Waals surface area contributed by atoms with E-state index in [0.29, 0.717) is 36.7 Å². The molecule has 244 valence electrons. The van der Waals surface area contributed by atoms with E-state index in [1.807, 2.05) is 73.7 Å². The minimum atomic E-state index is -0.322. The second-order valence-electron chi connectivity index (χ2n) is 14.0. The number of benzene rings is 3. The van der Waals surface area contributed by atoms with E-state index in [9.17, 15) is 14.4 Å². The van der Waals surface area contributed by atoms with E-state index in [1.54, 1.807) is 4.68 Å². The Bertz CT molecular complexity index is 1780. The minimum Gasteiger partial charge on any atom is -0.326 e. The molecular weight excluding hydrogens is 588 g/mol. The molecule has 0 saturated carbocycles. The van der Waals surface area contributed by atoms with Gasteiger partial charge < -0.3 is 10.6 Å². The summed E-state index contributed by atoms with van der Waals surface area (Å²) in [5.41, 5.74) is 7.24. The number of aromatic nitrogens is 2. The lowest BCUT2D eigenvalue weighted by Crippen LogP contribution is -2.37. The first-order valence-corrected chi connectivity index (χ1v) is 16.5. The van der Waals surface area contributed by atoms with Gasteiger partial charge in [-0.25, -0.2) is 9.48 Å². The quantitative estimate of drug-likeness (QED) is 0.179. The lowest BCUT2D eigenvalue weighted by Gasteiger charge is -2.31. The van der Waals surface area contributed by atoms with E-state index in [4.69, 9.17) is 5.10 Å². The summed E-state index contributed by atoms with van der Waals surface area (Å²) in [5, 5.41) is 13.7. The maximum Gasteiger partial charge on any atom is 0.324 e. The number of piperidine rings is 1. The van der Waals surface area contributed by atoms with Gasteiger partial charge in [0.25, 0.3) is 0 Å². The van der Waals surface area contributed by atoms with Crippen molar-refractivity contribution in [3.8, 4) is 5.69 Å². The monoisotopic (exact) mass is 632 g/mol. The summed E-state index contributed by atoms with van der Waals surface area (Å²) in [4.78, 5) is 40.1. The summed E-state index contributed by atoms with van der Waals surface area (Å²) < 4.78 is 1.78. The normalized spacial score (nSPS) is 15.5. The number of hydrogen-bond donors (Lipinski definition) is 3. The standard InChI is InChI=1S/C38H44N6O3/c1-25-8-12-31(13-9-25)44-35(23-34(42-44)38(2,3)4)41-37(47)39-30-7-5-6-27(21-30)20-26-16-18-43(19-17-26)24-33(45)29-10-14-32-28(22-29)11-15-36(46)40-32/h5-10,12-14,21-23,26H,11,15-20,24H2,1-4H3,(H,40,46)(H2,39,41,47). The van der Waals surface area contributed by atoms with Crippen LogP contribution in [0.5, 0.6) is 0 Å². The molecule has 6 rings (SSSR count). The Balaban J connectivity index is 1.02. The van der Waals surface area contributed by atoms with E-state index in [1.165, 1.54) is 5.56 Å². The number of urea groups is 1. The molecule has 0 spiro atoms. The minimum absolute atomic E-state index is 0.0287. The number of carbonyl (C=O) groups is 3. The average Bonchev–Trinajstić information content (AvgIpc) is 3.46. The summed E-state index contributed by atoms with van der Waals surface area (Å²) in [6.07, 6.45) is 4.09. The molecule has 0 bridgehead atoms. The predicted molar refractivity (Wildman–Crippen MR) is 187 cm³/mol. The molecule has 0 aliphatic carbocycles. The van der Waals surface area contributed by atoms with Gasteiger partial charge in [-0.1, -0.05) is 50.6 Å². The number of hydrogen-bond acceptors (Lipinski definition) is 5. The number of ketones is 1. The molecule has 9 nitrogen and oxygen atoms in total. The molecule has 3 amide bonds. The summed E-state index contributed by atoms with van der Waals surface area (Å²) >= 11 is 0. The number of Topliss-reactive ketones (excluding diaryl/α,β-unsaturated/α-hetero) is 1. The van der Waals surface area contributed by atoms with Crippen molar-refractivity contribution >= 4 is 34.9 Å². The van der Waals surface area contributed by atoms with Crippen LogP contribution in [0.25, 0.3) is 5.69 Å². The lowest BCUT2D eigenvalue weighted by molar-refractivity contribution is -0.116. The highest BCUT2D eigenvalue weighted by Crippen LogP contribution is 2.28. The second kappa shape index (κ2) is 13.5. The van der Waals surface area contributed by atoms with Crippen molar-refractivity contribution in [1.82, 2.24) is 14.7 Å². The van der Waals surface area contributed by atoms with Gasteiger partial charge in [0.2, 0.25) is 5.91 Å². The zero-order valence-electron chi connectivity index (χ0n) is 27.7. The largest absolute Gasteiger partial charge is 0.326 e. The molecule has 0 unspecified atom stereocenters. The van der Waals surface area contributed by atoms with Gasteiger partial charge in [-0.3, -0.25) is 19.8 Å². The zero-order chi connectivity index (χ0) is 33.1. The molecule has 0 radical (unpaired) electrons. The molecule has 3 N–H and O–H groups in total. The highest BCUT2D eigenvalue weighted by atomic mass is 16.2. The van der Waals surface area contributed by atoms with Crippen molar-refractivity contribution in [2.45, 2.75) is 65.2 Å². The number of likely N-dealkylation sites (tertiary alicyclic amines) is 1. The first-order valence-electron chi connectivity index (χ1n) is 16.5. The van der Waals surface area contributed by atoms with Gasteiger partial charge in [0.15, 0.2) is 5.78 Å². The van der Waals surface area contributed by atoms with Gasteiger partial charge in [0.1, 0.15) is 5.82 Å². The fourth-order valence-corrected chi connectivity index (χ4v) is 6.31. The Morgan fingerprint density at radius 1 is 0.936 bits per heavy atom. The number of anilines is 3. The molecule has 3 aromatic carbocycles. The van der Waals surface area contributed by atoms with Gasteiger partial charge in [0, 0.05) is 34.8 Å². The summed E-state index contributed by atoms with van der Waals surface area (Å²) in [6, 6.07) is 23.3. The van der Waals surface area contributed by atoms with Crippen LogP contribution in [0.2, 0.25) is 0 Å². The summed E-state index contributed by atoms with van der Waals surface area (Å²) in [7, 11) is 0. The molecular formula is C38H44N6O3. The van der Waals surface area contributed by atoms with E-state index in [2.05, 4.69) is 47.7 Å². The van der Waals surface area contributed by atoms with Crippen LogP contribution in [0.15, 0.2) is 72.8 Å². The Morgan fingerprint density at radius 3 is 2.45 bits per heavy atom. The number of carbonyl (C=O) groups excluding carboxylic acids is 3. The number of nitrogens with one attached hydrogen (secondary N) is 3. The van der Waals surface area contributed by atoms with Crippen LogP contribution in [-0.2, 0) is 23.1 Å². The Hall–Kier alpha value is -4.76. The van der Waals surface area contributed by atoms with E-state index in [0.717, 1.165) is 66.2 Å². The molecule has 4 aromatic rings. The summed E-state index contributed by atoms with van der Waals surface area (Å²) in [6.45, 7) is 10.5. The SMILES string of the molecule is Cc1ccc(-n2nc(C(C)(C)C)cc2NC(=O)Nc2cccc(CC3CCN(CC(=O)c4ccc5c(c4)CCC(=O)N5)CC3)c2)cc1. The van der Waals surface area contributed by atoms with Gasteiger partial charge >= 0.3 is 6.03 Å². The van der Waals surface area contributed by atoms with Crippen LogP contribution in [0.4, 0.5) is 22.0 Å². The van der Waals surface area contributed by atoms with Crippen LogP contribution in [0.1, 0.15) is 72.8 Å². The number of rotatable bonds is 8. The fourth-order valence-electron chi connectivity index (χ4n) is 6.31. The van der Waals surface area contributed by atoms with Crippen molar-refractivity contribution < 1.29 is 14.4 Å². The third-order valence-electron chi connectivity index (χ3n) is 9.10. The van der Waals surface area contributed by atoms with Crippen molar-refractivity contribution in [2.75, 3.05) is 35.6 Å². The molecule has 1 saturated heterocycles. The van der Waals surface area contributed by atoms with Crippen molar-refractivity contribution in [3.63, 3.8) is 0 Å². The molecule has 2 aliphatic rings. The number of aryl methyl sites for hydroxylation is 2. The molecule has 47 heavy (non-hydrogen) atoms. The van der Waals surface area contributed by atoms with Crippen molar-refractivity contribution in [3.05, 3.63) is 101 Å². The van der Waals surface area contributed by atoms with Crippen LogP contribution < -0.4 is 16.0 Å². The maximum absolute atomic E-state index is 13.2. The Morgan fingerprint density at radius 2 is 1.70 bits per heavy atom. The maximum atomic E-state index is 13.2. The smallest absolute Gasteiger partial charge is 0.324 e. The van der Waals surface area contributed by atoms with E-state index in [-0.39, 0.29) is 23.1 Å². The zero-order valence-corrected chi connectivity index (χ0v) is 27.7. The third-order valence-corrected chi connectivity index (χ3v) is 9.10. The highest BCUT2D eigenvalue weighted by molar-refractivity contribution is 6.00. The predicted octanol–water partition coefficient (Wildman–Crippen LogP) is 7.14. The van der Waals surface area contributed by atoms with E-state index < -0.39 is 0 Å². The van der Waals surface area contributed by atoms with Crippen molar-refractivity contribution in [1.29, 1.82) is 0 Å². The molecule has 1 aromatic heterocycles. The van der Waals surface area contributed by atoms with Crippen molar-refractivity contribution in [2.24, 2.45) is 5.92 Å². The highest BCUT2D eigenvalue weighted by Gasteiger charge is 2.24. The van der Waals surface area contributed by atoms with Gasteiger partial charge in [-0.15, -0.1) is 0 Å². The third kappa shape index (κ3) is 7.97. The van der Waals surface area contributed by atoms with Crippen LogP contribution >= 0.6 is 0 Å². The van der Waals surface area contributed by atoms with Gasteiger partial charge in [0.05, 0.1) is 17.9 Å². The van der Waals surface area contributed by atoms with Gasteiger partial charge in [-0.05, 0) is 105 Å². The first kappa shape index (κ1) is 32.2. The van der Waals surface area contributed by atoms with Crippen LogP contribution in [0, 0.1) is 12.8 Å². The first-order chi connectivity index (χ1) is 22.5. The molecule has 2 aliphatic heterocycles. The molecule has 1 fully saturated rings. The van der Waals surface area contributed by atoms with E-state index >= 15 is 0 Å². The number of nitrogens with zero attached hydrogens (tertiary/aromatic N) is 3. The van der Waals surface area contributed by atoms with Crippen LogP contribution in [0.3, 0.4) is 0 Å². The number of amides is 3. The molecule has 3 heterocycles. The number of fused-ring (bicyclic) bond motifs is 1. The Kier molecular flexibility index (Phi) is 9.27. The second-order valence-corrected chi connectivity index (χ2v) is 14.0. The Labute approximate surface area is 276 Å². The lowest BCUT2D eigenvalue weighted by atomic mass is 9.90. The molecule has 9 heteroatoms. The fraction of sp³-hybridized carbons (Fsp3) is 0.368. The van der Waals surface area contributed by atoms with Crippen LogP contribution in [-0.4, -0.2) is 52.0 Å². The van der Waals surface area contributed by atoms with Gasteiger partial charge in [-0.2, -0.15) is 5.10 Å². The topological polar surface area (TPSA) is 108 Å². The summed E-state index contributed by atoms with van der Waals surface area (Å²) in [5.74, 6) is 1.27. The average molecular weight is 633 g/mol. The molecule has 0 atom stereocenters.